The third kappa shape index (κ3) is 6.83. The van der Waals surface area contributed by atoms with Gasteiger partial charge in [-0.3, -0.25) is 9.98 Å². The van der Waals surface area contributed by atoms with Crippen molar-refractivity contribution in [3.8, 4) is 0 Å². The van der Waals surface area contributed by atoms with Crippen molar-refractivity contribution >= 4 is 22.8 Å². The van der Waals surface area contributed by atoms with Crippen LogP contribution in [0, 0.1) is 0 Å². The maximum atomic E-state index is 5.23. The number of nitrogens with zero attached hydrogens (tertiary/aromatic N) is 3. The van der Waals surface area contributed by atoms with Crippen LogP contribution in [0.4, 0.5) is 11.4 Å². The Morgan fingerprint density at radius 2 is 1.15 bits per heavy atom. The molecule has 3 nitrogen and oxygen atoms in total. The molecule has 1 heterocycles. The summed E-state index contributed by atoms with van der Waals surface area (Å²) in [6.45, 7) is 17.6. The lowest BCUT2D eigenvalue weighted by Gasteiger charge is -2.26. The van der Waals surface area contributed by atoms with Gasteiger partial charge in [0.25, 0.3) is 0 Å². The predicted octanol–water partition coefficient (Wildman–Crippen LogP) is 10.1. The largest absolute Gasteiger partial charge is 0.251 e. The lowest BCUT2D eigenvalue weighted by Crippen LogP contribution is -2.22. The molecule has 0 unspecified atom stereocenters. The van der Waals surface area contributed by atoms with Crippen molar-refractivity contribution in [2.45, 2.75) is 79.1 Å². The van der Waals surface area contributed by atoms with E-state index in [0.29, 0.717) is 11.8 Å². The molecule has 0 radical (unpaired) electrons. The van der Waals surface area contributed by atoms with E-state index in [4.69, 9.17) is 15.0 Å². The Bertz CT molecular complexity index is 1510. The highest BCUT2D eigenvalue weighted by atomic mass is 14.8. The molecule has 0 aliphatic carbocycles. The molecular formula is C37H43N3. The first-order chi connectivity index (χ1) is 19.1. The van der Waals surface area contributed by atoms with Crippen molar-refractivity contribution in [3.05, 3.63) is 125 Å². The molecule has 40 heavy (non-hydrogen) atoms. The van der Waals surface area contributed by atoms with Gasteiger partial charge in [-0.05, 0) is 78.0 Å². The summed E-state index contributed by atoms with van der Waals surface area (Å²) in [6.07, 6.45) is 0.852. The minimum absolute atomic E-state index is 0.0608. The van der Waals surface area contributed by atoms with Gasteiger partial charge in [-0.1, -0.05) is 114 Å². The highest BCUT2D eigenvalue weighted by Crippen LogP contribution is 2.31. The summed E-state index contributed by atoms with van der Waals surface area (Å²) >= 11 is 0. The summed E-state index contributed by atoms with van der Waals surface area (Å²) in [6, 6.07) is 31.9. The fraction of sp³-hybridized carbons (Fsp3) is 0.324. The van der Waals surface area contributed by atoms with Gasteiger partial charge in [-0.25, -0.2) is 4.98 Å². The normalized spacial score (nSPS) is 12.8. The minimum atomic E-state index is -0.0608. The second-order valence-corrected chi connectivity index (χ2v) is 12.0. The maximum absolute atomic E-state index is 5.23. The Kier molecular flexibility index (Phi) is 9.14. The van der Waals surface area contributed by atoms with Crippen molar-refractivity contribution < 1.29 is 0 Å². The highest BCUT2D eigenvalue weighted by molar-refractivity contribution is 6.03. The minimum Gasteiger partial charge on any atom is -0.251 e. The zero-order valence-electron chi connectivity index (χ0n) is 25.4. The van der Waals surface area contributed by atoms with Gasteiger partial charge in [-0.2, -0.15) is 0 Å². The fourth-order valence-corrected chi connectivity index (χ4v) is 5.24. The number of hydrogen-bond acceptors (Lipinski definition) is 3. The van der Waals surface area contributed by atoms with E-state index in [1.165, 1.54) is 22.3 Å². The van der Waals surface area contributed by atoms with Crippen molar-refractivity contribution in [2.75, 3.05) is 0 Å². The number of aromatic nitrogens is 1. The van der Waals surface area contributed by atoms with Gasteiger partial charge < -0.3 is 0 Å². The Hall–Kier alpha value is -3.85. The topological polar surface area (TPSA) is 37.6 Å². The lowest BCUT2D eigenvalue weighted by molar-refractivity contribution is 0.521. The van der Waals surface area contributed by atoms with E-state index >= 15 is 0 Å². The average molecular weight is 530 g/mol. The van der Waals surface area contributed by atoms with Crippen molar-refractivity contribution in [1.29, 1.82) is 0 Å². The van der Waals surface area contributed by atoms with Gasteiger partial charge in [-0.15, -0.1) is 0 Å². The molecule has 3 aromatic carbocycles. The molecule has 0 spiro atoms. The second kappa shape index (κ2) is 12.6. The molecule has 0 aliphatic heterocycles. The highest BCUT2D eigenvalue weighted by Gasteiger charge is 2.24. The third-order valence-electron chi connectivity index (χ3n) is 7.57. The standard InChI is InChI=1S/C37H43N3/c1-25(2)31-18-12-14-20-34(31)38-27(5)33-23-22-29(24-37(7,8)30-16-10-9-11-17-30)36(40-33)28(6)39-35-21-15-13-19-32(35)26(3)4/h9-23,25-26H,24H2,1-8H3. The van der Waals surface area contributed by atoms with E-state index in [-0.39, 0.29) is 5.41 Å². The van der Waals surface area contributed by atoms with Crippen LogP contribution in [-0.4, -0.2) is 16.4 Å². The lowest BCUT2D eigenvalue weighted by atomic mass is 9.78. The molecule has 1 aromatic heterocycles. The van der Waals surface area contributed by atoms with Crippen LogP contribution in [0.5, 0.6) is 0 Å². The summed E-state index contributed by atoms with van der Waals surface area (Å²) in [5.41, 5.74) is 10.6. The first-order valence-electron chi connectivity index (χ1n) is 14.4. The number of aliphatic imine (C=N–C) groups is 2. The molecule has 206 valence electrons. The van der Waals surface area contributed by atoms with Gasteiger partial charge >= 0.3 is 0 Å². The monoisotopic (exact) mass is 529 g/mol. The van der Waals surface area contributed by atoms with Crippen LogP contribution >= 0.6 is 0 Å². The molecular weight excluding hydrogens is 486 g/mol. The summed E-state index contributed by atoms with van der Waals surface area (Å²) in [5, 5.41) is 0. The molecule has 3 heteroatoms. The summed E-state index contributed by atoms with van der Waals surface area (Å²) in [5.74, 6) is 0.785. The van der Waals surface area contributed by atoms with Crippen LogP contribution in [0.3, 0.4) is 0 Å². The molecule has 4 rings (SSSR count). The second-order valence-electron chi connectivity index (χ2n) is 12.0. The third-order valence-corrected chi connectivity index (χ3v) is 7.57. The number of para-hydroxylation sites is 2. The first-order valence-corrected chi connectivity index (χ1v) is 14.4. The summed E-state index contributed by atoms with van der Waals surface area (Å²) in [4.78, 5) is 15.4. The fourth-order valence-electron chi connectivity index (χ4n) is 5.24. The van der Waals surface area contributed by atoms with Crippen LogP contribution in [0.1, 0.15) is 101 Å². The molecule has 0 amide bonds. The molecule has 0 bridgehead atoms. The van der Waals surface area contributed by atoms with Crippen LogP contribution in [-0.2, 0) is 11.8 Å². The first kappa shape index (κ1) is 29.1. The average Bonchev–Trinajstić information content (AvgIpc) is 2.93. The summed E-state index contributed by atoms with van der Waals surface area (Å²) < 4.78 is 0. The molecule has 0 N–H and O–H groups in total. The smallest absolute Gasteiger partial charge is 0.0882 e. The van der Waals surface area contributed by atoms with E-state index in [2.05, 4.69) is 146 Å². The van der Waals surface area contributed by atoms with Gasteiger partial charge in [0, 0.05) is 0 Å². The van der Waals surface area contributed by atoms with E-state index in [1.807, 2.05) is 0 Å². The van der Waals surface area contributed by atoms with Crippen molar-refractivity contribution in [3.63, 3.8) is 0 Å². The van der Waals surface area contributed by atoms with E-state index in [1.54, 1.807) is 0 Å². The zero-order chi connectivity index (χ0) is 28.9. The molecule has 0 saturated carbocycles. The van der Waals surface area contributed by atoms with E-state index in [9.17, 15) is 0 Å². The number of pyridine rings is 1. The number of rotatable bonds is 9. The Labute approximate surface area is 241 Å². The Morgan fingerprint density at radius 1 is 0.650 bits per heavy atom. The van der Waals surface area contributed by atoms with Crippen LogP contribution in [0.25, 0.3) is 0 Å². The number of hydrogen-bond donors (Lipinski definition) is 0. The van der Waals surface area contributed by atoms with Gasteiger partial charge in [0.1, 0.15) is 0 Å². The molecule has 4 aromatic rings. The summed E-state index contributed by atoms with van der Waals surface area (Å²) in [7, 11) is 0. The number of benzene rings is 3. The van der Waals surface area contributed by atoms with Crippen LogP contribution < -0.4 is 0 Å². The van der Waals surface area contributed by atoms with Gasteiger partial charge in [0.15, 0.2) is 0 Å². The Morgan fingerprint density at radius 3 is 1.70 bits per heavy atom. The van der Waals surface area contributed by atoms with Crippen LogP contribution in [0.2, 0.25) is 0 Å². The quantitative estimate of drug-likeness (QED) is 0.199. The van der Waals surface area contributed by atoms with E-state index < -0.39 is 0 Å². The maximum Gasteiger partial charge on any atom is 0.0882 e. The van der Waals surface area contributed by atoms with Crippen LogP contribution in [0.15, 0.2) is 101 Å². The SMILES string of the molecule is CC(=Nc1ccccc1C(C)C)c1ccc(CC(C)(C)c2ccccc2)c(C(C)=Nc2ccccc2C(C)C)n1. The Balaban J connectivity index is 1.82. The zero-order valence-corrected chi connectivity index (χ0v) is 25.4. The van der Waals surface area contributed by atoms with E-state index in [0.717, 1.165) is 40.6 Å². The van der Waals surface area contributed by atoms with Crippen molar-refractivity contribution in [1.82, 2.24) is 4.98 Å². The van der Waals surface area contributed by atoms with Gasteiger partial charge in [0.2, 0.25) is 0 Å². The molecule has 0 saturated heterocycles. The molecule has 0 fully saturated rings. The molecule has 0 aliphatic rings. The predicted molar refractivity (Wildman–Crippen MR) is 172 cm³/mol. The molecule has 0 atom stereocenters. The van der Waals surface area contributed by atoms with Crippen molar-refractivity contribution in [2.24, 2.45) is 9.98 Å². The van der Waals surface area contributed by atoms with Gasteiger partial charge in [0.05, 0.1) is 34.2 Å².